The van der Waals surface area contributed by atoms with Gasteiger partial charge in [-0.2, -0.15) is 8.78 Å². The summed E-state index contributed by atoms with van der Waals surface area (Å²) in [6.45, 7) is 0.341. The van der Waals surface area contributed by atoms with Crippen LogP contribution in [0.15, 0.2) is 40.8 Å². The highest BCUT2D eigenvalue weighted by atomic mass is 32.2. The SMILES string of the molecule is COc1ccccc1C(CNC(=O)c1ccc(CSC(F)F)o1)N(C)C. The minimum Gasteiger partial charge on any atom is -0.496 e. The number of nitrogens with zero attached hydrogens (tertiary/aromatic N) is 1. The number of ether oxygens (including phenoxy) is 1. The van der Waals surface area contributed by atoms with E-state index in [1.54, 1.807) is 7.11 Å². The Morgan fingerprint density at radius 2 is 2.00 bits per heavy atom. The first-order valence-corrected chi connectivity index (χ1v) is 9.03. The average molecular weight is 384 g/mol. The molecule has 0 saturated carbocycles. The van der Waals surface area contributed by atoms with Gasteiger partial charge in [0.05, 0.1) is 18.9 Å². The summed E-state index contributed by atoms with van der Waals surface area (Å²) in [6, 6.07) is 10.5. The number of likely N-dealkylation sites (N-methyl/N-ethyl adjacent to an activating group) is 1. The minimum atomic E-state index is -2.47. The number of alkyl halides is 2. The fourth-order valence-electron chi connectivity index (χ4n) is 2.51. The molecule has 0 aliphatic rings. The Labute approximate surface area is 155 Å². The molecule has 142 valence electrons. The first kappa shape index (κ1) is 20.3. The van der Waals surface area contributed by atoms with Gasteiger partial charge in [0.15, 0.2) is 5.76 Å². The number of hydrogen-bond acceptors (Lipinski definition) is 5. The van der Waals surface area contributed by atoms with Gasteiger partial charge in [-0.05, 0) is 32.3 Å². The predicted molar refractivity (Wildman–Crippen MR) is 97.8 cm³/mol. The van der Waals surface area contributed by atoms with E-state index in [9.17, 15) is 13.6 Å². The number of rotatable bonds is 9. The van der Waals surface area contributed by atoms with Crippen LogP contribution in [0.25, 0.3) is 0 Å². The Bertz CT molecular complexity index is 722. The second kappa shape index (κ2) is 9.59. The van der Waals surface area contributed by atoms with Crippen molar-refractivity contribution in [2.24, 2.45) is 0 Å². The van der Waals surface area contributed by atoms with E-state index in [1.165, 1.54) is 12.1 Å². The van der Waals surface area contributed by atoms with Crippen LogP contribution in [0, 0.1) is 0 Å². The Balaban J connectivity index is 2.01. The molecule has 0 aliphatic carbocycles. The number of halogens is 2. The van der Waals surface area contributed by atoms with E-state index in [2.05, 4.69) is 5.32 Å². The van der Waals surface area contributed by atoms with Gasteiger partial charge in [-0.25, -0.2) is 0 Å². The van der Waals surface area contributed by atoms with Crippen molar-refractivity contribution in [3.8, 4) is 5.75 Å². The van der Waals surface area contributed by atoms with Crippen molar-refractivity contribution in [1.82, 2.24) is 10.2 Å². The van der Waals surface area contributed by atoms with E-state index in [-0.39, 0.29) is 23.5 Å². The Morgan fingerprint density at radius 1 is 1.27 bits per heavy atom. The van der Waals surface area contributed by atoms with Crippen LogP contribution in [0.5, 0.6) is 5.75 Å². The molecule has 1 amide bonds. The topological polar surface area (TPSA) is 54.7 Å². The fraction of sp³-hybridized carbons (Fsp3) is 0.389. The number of furan rings is 1. The van der Waals surface area contributed by atoms with E-state index in [4.69, 9.17) is 9.15 Å². The summed E-state index contributed by atoms with van der Waals surface area (Å²) < 4.78 is 35.2. The van der Waals surface area contributed by atoms with Gasteiger partial charge in [0.2, 0.25) is 0 Å². The third-order valence-corrected chi connectivity index (χ3v) is 4.52. The molecule has 26 heavy (non-hydrogen) atoms. The second-order valence-electron chi connectivity index (χ2n) is 5.77. The number of hydrogen-bond donors (Lipinski definition) is 1. The number of para-hydroxylation sites is 1. The van der Waals surface area contributed by atoms with E-state index in [0.717, 1.165) is 11.3 Å². The molecule has 0 radical (unpaired) electrons. The Hall–Kier alpha value is -2.06. The molecule has 0 bridgehead atoms. The highest BCUT2D eigenvalue weighted by molar-refractivity contribution is 7.98. The molecule has 1 aromatic heterocycles. The number of carbonyl (C=O) groups is 1. The predicted octanol–water partition coefficient (Wildman–Crippen LogP) is 3.78. The summed E-state index contributed by atoms with van der Waals surface area (Å²) in [6.07, 6.45) is 0. The van der Waals surface area contributed by atoms with Gasteiger partial charge in [-0.3, -0.25) is 4.79 Å². The molecule has 1 N–H and O–H groups in total. The number of carbonyl (C=O) groups excluding carboxylic acids is 1. The van der Waals surface area contributed by atoms with Crippen LogP contribution in [0.1, 0.15) is 27.9 Å². The maximum atomic E-state index is 12.3. The molecule has 2 rings (SSSR count). The summed E-state index contributed by atoms with van der Waals surface area (Å²) in [5.41, 5.74) is 0.953. The average Bonchev–Trinajstić information content (AvgIpc) is 3.09. The Kier molecular flexibility index (Phi) is 7.47. The molecule has 0 saturated heterocycles. The smallest absolute Gasteiger partial charge is 0.287 e. The lowest BCUT2D eigenvalue weighted by Gasteiger charge is -2.26. The third-order valence-electron chi connectivity index (χ3n) is 3.81. The van der Waals surface area contributed by atoms with Crippen molar-refractivity contribution in [3.63, 3.8) is 0 Å². The normalized spacial score (nSPS) is 12.4. The maximum Gasteiger partial charge on any atom is 0.287 e. The highest BCUT2D eigenvalue weighted by Gasteiger charge is 2.20. The summed E-state index contributed by atoms with van der Waals surface area (Å²) in [4.78, 5) is 14.3. The van der Waals surface area contributed by atoms with Crippen molar-refractivity contribution in [1.29, 1.82) is 0 Å². The van der Waals surface area contributed by atoms with E-state index < -0.39 is 5.76 Å². The van der Waals surface area contributed by atoms with Gasteiger partial charge >= 0.3 is 0 Å². The van der Waals surface area contributed by atoms with Crippen molar-refractivity contribution < 1.29 is 22.7 Å². The molecule has 0 aliphatic heterocycles. The molecule has 8 heteroatoms. The van der Waals surface area contributed by atoms with Gasteiger partial charge in [-0.1, -0.05) is 30.0 Å². The van der Waals surface area contributed by atoms with E-state index in [0.29, 0.717) is 24.1 Å². The molecular formula is C18H22F2N2O3S. The van der Waals surface area contributed by atoms with Gasteiger partial charge in [0, 0.05) is 12.1 Å². The molecule has 1 aromatic carbocycles. The lowest BCUT2D eigenvalue weighted by atomic mass is 10.0. The molecule has 5 nitrogen and oxygen atoms in total. The van der Waals surface area contributed by atoms with Crippen molar-refractivity contribution >= 4 is 17.7 Å². The molecule has 0 fully saturated rings. The quantitative estimate of drug-likeness (QED) is 0.713. The van der Waals surface area contributed by atoms with Crippen LogP contribution in [0.3, 0.4) is 0 Å². The van der Waals surface area contributed by atoms with Gasteiger partial charge < -0.3 is 19.4 Å². The van der Waals surface area contributed by atoms with Crippen molar-refractivity contribution in [3.05, 3.63) is 53.5 Å². The third kappa shape index (κ3) is 5.47. The van der Waals surface area contributed by atoms with Crippen LogP contribution in [0.2, 0.25) is 0 Å². The van der Waals surface area contributed by atoms with Gasteiger partial charge in [-0.15, -0.1) is 0 Å². The molecule has 1 unspecified atom stereocenters. The fourth-order valence-corrected chi connectivity index (χ4v) is 2.96. The molecule has 0 spiro atoms. The molecule has 1 heterocycles. The summed E-state index contributed by atoms with van der Waals surface area (Å²) in [5, 5.41) is 2.82. The highest BCUT2D eigenvalue weighted by Crippen LogP contribution is 2.27. The van der Waals surface area contributed by atoms with Crippen molar-refractivity contribution in [2.45, 2.75) is 17.6 Å². The van der Waals surface area contributed by atoms with Crippen LogP contribution in [-0.2, 0) is 5.75 Å². The minimum absolute atomic E-state index is 0.0203. The monoisotopic (exact) mass is 384 g/mol. The lowest BCUT2D eigenvalue weighted by Crippen LogP contribution is -2.34. The molecule has 2 aromatic rings. The summed E-state index contributed by atoms with van der Waals surface area (Å²) in [7, 11) is 5.43. The number of amides is 1. The first-order valence-electron chi connectivity index (χ1n) is 7.98. The van der Waals surface area contributed by atoms with Crippen LogP contribution >= 0.6 is 11.8 Å². The van der Waals surface area contributed by atoms with Crippen molar-refractivity contribution in [2.75, 3.05) is 27.7 Å². The lowest BCUT2D eigenvalue weighted by molar-refractivity contribution is 0.0912. The number of benzene rings is 1. The zero-order chi connectivity index (χ0) is 19.1. The zero-order valence-electron chi connectivity index (χ0n) is 14.9. The zero-order valence-corrected chi connectivity index (χ0v) is 15.7. The second-order valence-corrected chi connectivity index (χ2v) is 6.75. The van der Waals surface area contributed by atoms with E-state index >= 15 is 0 Å². The van der Waals surface area contributed by atoms with E-state index in [1.807, 2.05) is 43.3 Å². The number of methoxy groups -OCH3 is 1. The Morgan fingerprint density at radius 3 is 2.65 bits per heavy atom. The summed E-state index contributed by atoms with van der Waals surface area (Å²) in [5.74, 6) is -1.66. The standard InChI is InChI=1S/C18H22F2N2O3S/c1-22(2)14(13-6-4-5-7-15(13)24-3)10-21-17(23)16-9-8-12(25-16)11-26-18(19)20/h4-9,14,18H,10-11H2,1-3H3,(H,21,23). The van der Waals surface area contributed by atoms with Crippen LogP contribution < -0.4 is 10.1 Å². The maximum absolute atomic E-state index is 12.3. The van der Waals surface area contributed by atoms with Gasteiger partial charge in [0.1, 0.15) is 11.5 Å². The van der Waals surface area contributed by atoms with Crippen LogP contribution in [0.4, 0.5) is 8.78 Å². The number of nitrogens with one attached hydrogen (secondary N) is 1. The molecular weight excluding hydrogens is 362 g/mol. The first-order chi connectivity index (χ1) is 12.4. The number of thioether (sulfide) groups is 1. The largest absolute Gasteiger partial charge is 0.496 e. The molecule has 1 atom stereocenters. The van der Waals surface area contributed by atoms with Gasteiger partial charge in [0.25, 0.3) is 11.7 Å². The van der Waals surface area contributed by atoms with Crippen LogP contribution in [-0.4, -0.2) is 44.3 Å². The summed E-state index contributed by atoms with van der Waals surface area (Å²) >= 11 is 0.454.